The third-order valence-corrected chi connectivity index (χ3v) is 4.50. The van der Waals surface area contributed by atoms with Crippen LogP contribution in [0.25, 0.3) is 11.3 Å². The van der Waals surface area contributed by atoms with Gasteiger partial charge in [-0.15, -0.1) is 0 Å². The second-order valence-corrected chi connectivity index (χ2v) is 6.53. The molecule has 3 heterocycles. The molecule has 23 heavy (non-hydrogen) atoms. The molecule has 8 nitrogen and oxygen atoms in total. The van der Waals surface area contributed by atoms with Gasteiger partial charge in [-0.2, -0.15) is 5.10 Å². The summed E-state index contributed by atoms with van der Waals surface area (Å²) in [4.78, 5) is 12.6. The zero-order chi connectivity index (χ0) is 16.3. The van der Waals surface area contributed by atoms with Crippen molar-refractivity contribution in [2.24, 2.45) is 7.05 Å². The largest absolute Gasteiger partial charge is 0.274 e. The van der Waals surface area contributed by atoms with E-state index in [0.717, 1.165) is 5.56 Å². The van der Waals surface area contributed by atoms with E-state index in [0.29, 0.717) is 11.4 Å². The fraction of sp³-hybridized carbons (Fsp3) is 0.143. The average molecular weight is 330 g/mol. The van der Waals surface area contributed by atoms with Crippen LogP contribution >= 0.6 is 0 Å². The minimum Gasteiger partial charge on any atom is -0.274 e. The number of nitrogens with one attached hydrogen (secondary N) is 1. The highest BCUT2D eigenvalue weighted by molar-refractivity contribution is 7.89. The Kier molecular flexibility index (Phi) is 4.13. The highest BCUT2D eigenvalue weighted by atomic mass is 32.2. The summed E-state index contributed by atoms with van der Waals surface area (Å²) < 4.78 is 28.4. The smallest absolute Gasteiger partial charge is 0.244 e. The van der Waals surface area contributed by atoms with E-state index in [1.807, 2.05) is 0 Å². The van der Waals surface area contributed by atoms with Gasteiger partial charge in [-0.05, 0) is 12.1 Å². The van der Waals surface area contributed by atoms with Gasteiger partial charge in [0, 0.05) is 43.6 Å². The molecule has 0 aliphatic rings. The van der Waals surface area contributed by atoms with Crippen molar-refractivity contribution in [3.8, 4) is 11.3 Å². The van der Waals surface area contributed by atoms with Crippen LogP contribution in [-0.4, -0.2) is 33.2 Å². The SMILES string of the molecule is Cn1cc(S(=O)(=O)NCc2nccnc2-c2ccncc2)cn1. The minimum atomic E-state index is -3.65. The molecule has 0 fully saturated rings. The second kappa shape index (κ2) is 6.23. The van der Waals surface area contributed by atoms with Gasteiger partial charge in [0.1, 0.15) is 4.90 Å². The van der Waals surface area contributed by atoms with Crippen molar-refractivity contribution in [1.82, 2.24) is 29.5 Å². The number of aryl methyl sites for hydroxylation is 1. The molecule has 1 N–H and O–H groups in total. The Hall–Kier alpha value is -2.65. The molecule has 0 spiro atoms. The maximum absolute atomic E-state index is 12.2. The van der Waals surface area contributed by atoms with Crippen LogP contribution in [0, 0.1) is 0 Å². The van der Waals surface area contributed by atoms with E-state index in [1.54, 1.807) is 37.8 Å². The lowest BCUT2D eigenvalue weighted by Crippen LogP contribution is -2.24. The Morgan fingerprint density at radius 2 is 1.87 bits per heavy atom. The first kappa shape index (κ1) is 15.3. The summed E-state index contributed by atoms with van der Waals surface area (Å²) in [5.74, 6) is 0. The lowest BCUT2D eigenvalue weighted by Gasteiger charge is -2.08. The van der Waals surface area contributed by atoms with Crippen molar-refractivity contribution in [3.05, 3.63) is 55.0 Å². The minimum absolute atomic E-state index is 0.0305. The number of nitrogens with zero attached hydrogens (tertiary/aromatic N) is 5. The van der Waals surface area contributed by atoms with Crippen LogP contribution in [0.1, 0.15) is 5.69 Å². The summed E-state index contributed by atoms with van der Waals surface area (Å²) in [5, 5.41) is 3.87. The van der Waals surface area contributed by atoms with Gasteiger partial charge in [0.15, 0.2) is 0 Å². The molecule has 0 atom stereocenters. The molecule has 3 aromatic rings. The molecular formula is C14H14N6O2S. The third-order valence-electron chi connectivity index (χ3n) is 3.15. The first-order valence-corrected chi connectivity index (χ1v) is 8.23. The quantitative estimate of drug-likeness (QED) is 0.740. The monoisotopic (exact) mass is 330 g/mol. The molecule has 118 valence electrons. The molecule has 3 aromatic heterocycles. The van der Waals surface area contributed by atoms with Crippen LogP contribution in [0.2, 0.25) is 0 Å². The zero-order valence-corrected chi connectivity index (χ0v) is 13.1. The summed E-state index contributed by atoms with van der Waals surface area (Å²) in [6.07, 6.45) is 9.11. The van der Waals surface area contributed by atoms with Crippen molar-refractivity contribution >= 4 is 10.0 Å². The molecule has 0 radical (unpaired) electrons. The number of pyridine rings is 1. The van der Waals surface area contributed by atoms with E-state index in [1.165, 1.54) is 23.3 Å². The van der Waals surface area contributed by atoms with Crippen LogP contribution in [0.15, 0.2) is 54.2 Å². The van der Waals surface area contributed by atoms with E-state index >= 15 is 0 Å². The molecule has 0 aliphatic carbocycles. The van der Waals surface area contributed by atoms with Crippen molar-refractivity contribution < 1.29 is 8.42 Å². The summed E-state index contributed by atoms with van der Waals surface area (Å²) in [5.41, 5.74) is 1.97. The average Bonchev–Trinajstić information content (AvgIpc) is 3.02. The fourth-order valence-corrected chi connectivity index (χ4v) is 3.00. The molecule has 0 aliphatic heterocycles. The maximum Gasteiger partial charge on any atom is 0.244 e. The molecule has 0 saturated carbocycles. The maximum atomic E-state index is 12.2. The topological polar surface area (TPSA) is 103 Å². The molecule has 0 saturated heterocycles. The van der Waals surface area contributed by atoms with Gasteiger partial charge < -0.3 is 0 Å². The van der Waals surface area contributed by atoms with Crippen LogP contribution in [-0.2, 0) is 23.6 Å². The van der Waals surface area contributed by atoms with Crippen LogP contribution in [0.5, 0.6) is 0 Å². The number of aromatic nitrogens is 5. The lowest BCUT2D eigenvalue weighted by atomic mass is 10.1. The van der Waals surface area contributed by atoms with Crippen molar-refractivity contribution in [2.45, 2.75) is 11.4 Å². The molecule has 0 unspecified atom stereocenters. The van der Waals surface area contributed by atoms with Gasteiger partial charge in [0.2, 0.25) is 10.0 Å². The first-order valence-electron chi connectivity index (χ1n) is 6.75. The third kappa shape index (κ3) is 3.41. The highest BCUT2D eigenvalue weighted by Crippen LogP contribution is 2.19. The molecular weight excluding hydrogens is 316 g/mol. The van der Waals surface area contributed by atoms with Gasteiger partial charge in [0.05, 0.1) is 24.1 Å². The first-order chi connectivity index (χ1) is 11.1. The molecule has 9 heteroatoms. The number of hydrogen-bond acceptors (Lipinski definition) is 6. The van der Waals surface area contributed by atoms with Gasteiger partial charge in [-0.3, -0.25) is 19.6 Å². The van der Waals surface area contributed by atoms with Crippen LogP contribution in [0.4, 0.5) is 0 Å². The van der Waals surface area contributed by atoms with E-state index < -0.39 is 10.0 Å². The Morgan fingerprint density at radius 1 is 1.13 bits per heavy atom. The summed E-state index contributed by atoms with van der Waals surface area (Å²) in [6, 6.07) is 3.59. The zero-order valence-electron chi connectivity index (χ0n) is 12.3. The van der Waals surface area contributed by atoms with Crippen molar-refractivity contribution in [3.63, 3.8) is 0 Å². The standard InChI is InChI=1S/C14H14N6O2S/c1-20-10-12(8-18-20)23(21,22)19-9-13-14(17-7-6-16-13)11-2-4-15-5-3-11/h2-8,10,19H,9H2,1H3. The fourth-order valence-electron chi connectivity index (χ4n) is 2.03. The van der Waals surface area contributed by atoms with Gasteiger partial charge in [-0.25, -0.2) is 13.1 Å². The predicted molar refractivity (Wildman–Crippen MR) is 82.5 cm³/mol. The molecule has 0 bridgehead atoms. The summed E-state index contributed by atoms with van der Waals surface area (Å²) >= 11 is 0. The molecule has 0 aromatic carbocycles. The van der Waals surface area contributed by atoms with Crippen LogP contribution < -0.4 is 4.72 Å². The number of rotatable bonds is 5. The Morgan fingerprint density at radius 3 is 2.57 bits per heavy atom. The second-order valence-electron chi connectivity index (χ2n) is 4.76. The Balaban J connectivity index is 1.84. The molecule has 3 rings (SSSR count). The highest BCUT2D eigenvalue weighted by Gasteiger charge is 2.17. The molecule has 0 amide bonds. The number of hydrogen-bond donors (Lipinski definition) is 1. The predicted octanol–water partition coefficient (Wildman–Crippen LogP) is 0.751. The summed E-state index contributed by atoms with van der Waals surface area (Å²) in [6.45, 7) is 0.0305. The van der Waals surface area contributed by atoms with Gasteiger partial charge >= 0.3 is 0 Å². The van der Waals surface area contributed by atoms with Crippen LogP contribution in [0.3, 0.4) is 0 Å². The van der Waals surface area contributed by atoms with Crippen molar-refractivity contribution in [1.29, 1.82) is 0 Å². The van der Waals surface area contributed by atoms with E-state index in [2.05, 4.69) is 24.8 Å². The lowest BCUT2D eigenvalue weighted by molar-refractivity contribution is 0.580. The van der Waals surface area contributed by atoms with Gasteiger partial charge in [0.25, 0.3) is 0 Å². The normalized spacial score (nSPS) is 11.5. The van der Waals surface area contributed by atoms with E-state index in [9.17, 15) is 8.42 Å². The Bertz CT molecular complexity index is 908. The Labute approximate surface area is 133 Å². The van der Waals surface area contributed by atoms with E-state index in [-0.39, 0.29) is 11.4 Å². The van der Waals surface area contributed by atoms with Gasteiger partial charge in [-0.1, -0.05) is 0 Å². The van der Waals surface area contributed by atoms with E-state index in [4.69, 9.17) is 0 Å². The summed E-state index contributed by atoms with van der Waals surface area (Å²) in [7, 11) is -1.99. The number of sulfonamides is 1. The van der Waals surface area contributed by atoms with Crippen molar-refractivity contribution in [2.75, 3.05) is 0 Å².